The molecule has 0 saturated heterocycles. The van der Waals surface area contributed by atoms with E-state index in [-0.39, 0.29) is 0 Å². The Bertz CT molecular complexity index is 369. The standard InChI is InChI=1S/C17H29NO2/c1-5-8-12-19-18(20-13-9-6-2)17-11-10-15(4)14-16(17)7-3/h10-11,14H,5-9,12-13H2,1-4H3. The van der Waals surface area contributed by atoms with Crippen molar-refractivity contribution in [3.05, 3.63) is 29.3 Å². The van der Waals surface area contributed by atoms with Crippen LogP contribution in [0.3, 0.4) is 0 Å². The Kier molecular flexibility index (Phi) is 8.31. The molecule has 3 heteroatoms. The van der Waals surface area contributed by atoms with Crippen LogP contribution in [0.2, 0.25) is 0 Å². The van der Waals surface area contributed by atoms with E-state index in [1.54, 1.807) is 5.23 Å². The average Bonchev–Trinajstić information content (AvgIpc) is 2.46. The third kappa shape index (κ3) is 5.51. The van der Waals surface area contributed by atoms with Crippen LogP contribution in [0.25, 0.3) is 0 Å². The van der Waals surface area contributed by atoms with E-state index in [4.69, 9.17) is 9.68 Å². The second-order valence-corrected chi connectivity index (χ2v) is 5.12. The van der Waals surface area contributed by atoms with E-state index in [0.29, 0.717) is 13.2 Å². The van der Waals surface area contributed by atoms with Gasteiger partial charge in [0, 0.05) is 0 Å². The summed E-state index contributed by atoms with van der Waals surface area (Å²) in [4.78, 5) is 11.6. The van der Waals surface area contributed by atoms with E-state index in [0.717, 1.165) is 37.8 Å². The summed E-state index contributed by atoms with van der Waals surface area (Å²) in [5, 5.41) is 1.63. The van der Waals surface area contributed by atoms with Gasteiger partial charge in [-0.05, 0) is 37.8 Å². The Balaban J connectivity index is 2.78. The van der Waals surface area contributed by atoms with Crippen molar-refractivity contribution >= 4 is 5.69 Å². The first kappa shape index (κ1) is 17.0. The number of anilines is 1. The predicted octanol–water partition coefficient (Wildman–Crippen LogP) is 4.83. The van der Waals surface area contributed by atoms with Crippen LogP contribution in [-0.4, -0.2) is 13.2 Å². The first-order valence-corrected chi connectivity index (χ1v) is 7.88. The summed E-state index contributed by atoms with van der Waals surface area (Å²) in [6.45, 7) is 9.99. The maximum Gasteiger partial charge on any atom is 0.0979 e. The van der Waals surface area contributed by atoms with E-state index >= 15 is 0 Å². The highest BCUT2D eigenvalue weighted by atomic mass is 16.9. The van der Waals surface area contributed by atoms with E-state index in [1.165, 1.54) is 11.1 Å². The predicted molar refractivity (Wildman–Crippen MR) is 84.8 cm³/mol. The summed E-state index contributed by atoms with van der Waals surface area (Å²) < 4.78 is 0. The van der Waals surface area contributed by atoms with Crippen LogP contribution in [-0.2, 0) is 16.1 Å². The van der Waals surface area contributed by atoms with Crippen molar-refractivity contribution in [2.45, 2.75) is 59.8 Å². The lowest BCUT2D eigenvalue weighted by molar-refractivity contribution is -0.0912. The lowest BCUT2D eigenvalue weighted by Crippen LogP contribution is -2.26. The number of hydrogen-bond acceptors (Lipinski definition) is 3. The third-order valence-electron chi connectivity index (χ3n) is 3.23. The molecule has 0 spiro atoms. The Morgan fingerprint density at radius 3 is 2.05 bits per heavy atom. The average molecular weight is 279 g/mol. The minimum absolute atomic E-state index is 0.694. The number of nitrogens with zero attached hydrogens (tertiary/aromatic N) is 1. The van der Waals surface area contributed by atoms with Crippen molar-refractivity contribution in [3.8, 4) is 0 Å². The minimum Gasteiger partial charge on any atom is -0.249 e. The van der Waals surface area contributed by atoms with Gasteiger partial charge in [0.2, 0.25) is 0 Å². The highest BCUT2D eigenvalue weighted by Crippen LogP contribution is 2.23. The summed E-state index contributed by atoms with van der Waals surface area (Å²) >= 11 is 0. The molecule has 1 rings (SSSR count). The Labute approximate surface area is 123 Å². The molecule has 0 N–H and O–H groups in total. The number of aryl methyl sites for hydroxylation is 2. The highest BCUT2D eigenvalue weighted by Gasteiger charge is 2.12. The van der Waals surface area contributed by atoms with Gasteiger partial charge in [-0.3, -0.25) is 0 Å². The molecular formula is C17H29NO2. The van der Waals surface area contributed by atoms with Gasteiger partial charge in [-0.15, -0.1) is 5.23 Å². The Morgan fingerprint density at radius 2 is 1.55 bits per heavy atom. The maximum absolute atomic E-state index is 5.81. The molecular weight excluding hydrogens is 250 g/mol. The molecule has 0 aliphatic heterocycles. The van der Waals surface area contributed by atoms with Gasteiger partial charge in [0.15, 0.2) is 0 Å². The molecule has 0 aromatic heterocycles. The molecule has 1 aromatic rings. The van der Waals surface area contributed by atoms with Gasteiger partial charge in [-0.2, -0.15) is 0 Å². The minimum atomic E-state index is 0.694. The maximum atomic E-state index is 5.81. The molecule has 1 aromatic carbocycles. The molecule has 0 aliphatic rings. The smallest absolute Gasteiger partial charge is 0.0979 e. The molecule has 0 unspecified atom stereocenters. The van der Waals surface area contributed by atoms with Gasteiger partial charge in [0.1, 0.15) is 0 Å². The van der Waals surface area contributed by atoms with Crippen molar-refractivity contribution < 1.29 is 9.68 Å². The van der Waals surface area contributed by atoms with Crippen molar-refractivity contribution in [1.82, 2.24) is 0 Å². The first-order valence-electron chi connectivity index (χ1n) is 7.88. The Morgan fingerprint density at radius 1 is 0.950 bits per heavy atom. The monoisotopic (exact) mass is 279 g/mol. The molecule has 0 radical (unpaired) electrons. The highest BCUT2D eigenvalue weighted by molar-refractivity contribution is 5.51. The molecule has 0 atom stereocenters. The Hall–Kier alpha value is -1.06. The molecule has 0 aliphatic carbocycles. The fourth-order valence-electron chi connectivity index (χ4n) is 1.94. The summed E-state index contributed by atoms with van der Waals surface area (Å²) in [6.07, 6.45) is 5.30. The van der Waals surface area contributed by atoms with Gasteiger partial charge in [-0.25, -0.2) is 9.68 Å². The molecule has 0 saturated carbocycles. The lowest BCUT2D eigenvalue weighted by Gasteiger charge is -2.25. The van der Waals surface area contributed by atoms with E-state index in [1.807, 2.05) is 0 Å². The van der Waals surface area contributed by atoms with Crippen LogP contribution in [0.15, 0.2) is 18.2 Å². The van der Waals surface area contributed by atoms with E-state index in [9.17, 15) is 0 Å². The van der Waals surface area contributed by atoms with Crippen molar-refractivity contribution in [3.63, 3.8) is 0 Å². The topological polar surface area (TPSA) is 21.7 Å². The number of benzene rings is 1. The number of hydrogen-bond donors (Lipinski definition) is 0. The van der Waals surface area contributed by atoms with Gasteiger partial charge >= 0.3 is 0 Å². The number of unbranched alkanes of at least 4 members (excludes halogenated alkanes) is 2. The van der Waals surface area contributed by atoms with E-state index < -0.39 is 0 Å². The van der Waals surface area contributed by atoms with Crippen LogP contribution < -0.4 is 5.23 Å². The van der Waals surface area contributed by atoms with Crippen LogP contribution in [0, 0.1) is 6.92 Å². The normalized spacial score (nSPS) is 10.8. The zero-order valence-corrected chi connectivity index (χ0v) is 13.4. The SMILES string of the molecule is CCCCON(OCCCC)c1ccc(C)cc1CC. The molecule has 20 heavy (non-hydrogen) atoms. The van der Waals surface area contributed by atoms with Crippen LogP contribution in [0.5, 0.6) is 0 Å². The zero-order valence-electron chi connectivity index (χ0n) is 13.4. The molecule has 0 bridgehead atoms. The van der Waals surface area contributed by atoms with Crippen molar-refractivity contribution in [2.75, 3.05) is 18.4 Å². The van der Waals surface area contributed by atoms with Crippen LogP contribution in [0.4, 0.5) is 5.69 Å². The van der Waals surface area contributed by atoms with Gasteiger partial charge in [-0.1, -0.05) is 51.3 Å². The van der Waals surface area contributed by atoms with Crippen LogP contribution in [0.1, 0.15) is 57.6 Å². The lowest BCUT2D eigenvalue weighted by atomic mass is 10.1. The third-order valence-corrected chi connectivity index (χ3v) is 3.23. The largest absolute Gasteiger partial charge is 0.249 e. The molecule has 114 valence electrons. The van der Waals surface area contributed by atoms with E-state index in [2.05, 4.69) is 45.9 Å². The summed E-state index contributed by atoms with van der Waals surface area (Å²) in [6, 6.07) is 6.40. The summed E-state index contributed by atoms with van der Waals surface area (Å²) in [7, 11) is 0. The molecule has 3 nitrogen and oxygen atoms in total. The van der Waals surface area contributed by atoms with Gasteiger partial charge in [0.05, 0.1) is 18.9 Å². The fraction of sp³-hybridized carbons (Fsp3) is 0.647. The van der Waals surface area contributed by atoms with Crippen LogP contribution >= 0.6 is 0 Å². The second-order valence-electron chi connectivity index (χ2n) is 5.12. The first-order chi connectivity index (χ1) is 9.72. The quantitative estimate of drug-likeness (QED) is 0.452. The molecule has 0 heterocycles. The van der Waals surface area contributed by atoms with Crippen molar-refractivity contribution in [1.29, 1.82) is 0 Å². The number of rotatable bonds is 10. The molecule has 0 fully saturated rings. The fourth-order valence-corrected chi connectivity index (χ4v) is 1.94. The summed E-state index contributed by atoms with van der Waals surface area (Å²) in [5.74, 6) is 0. The van der Waals surface area contributed by atoms with Crippen molar-refractivity contribution in [2.24, 2.45) is 0 Å². The van der Waals surface area contributed by atoms with Gasteiger partial charge in [0.25, 0.3) is 0 Å². The van der Waals surface area contributed by atoms with Gasteiger partial charge < -0.3 is 0 Å². The summed E-state index contributed by atoms with van der Waals surface area (Å²) in [5.41, 5.74) is 3.57. The second kappa shape index (κ2) is 9.78. The molecule has 0 amide bonds. The zero-order chi connectivity index (χ0) is 14.8.